The van der Waals surface area contributed by atoms with Crippen molar-refractivity contribution in [3.63, 3.8) is 0 Å². The van der Waals surface area contributed by atoms with E-state index in [1.165, 1.54) is 120 Å². The molecule has 0 aliphatic carbocycles. The van der Waals surface area contributed by atoms with Gasteiger partial charge < -0.3 is 4.57 Å². The first-order valence-electron chi connectivity index (χ1n) is 21.8. The van der Waals surface area contributed by atoms with E-state index in [0.29, 0.717) is 0 Å². The van der Waals surface area contributed by atoms with Crippen molar-refractivity contribution in [2.24, 2.45) is 0 Å². The van der Waals surface area contributed by atoms with Crippen molar-refractivity contribution in [3.8, 4) is 50.2 Å². The quantitative estimate of drug-likeness (QED) is 0.121. The third-order valence-corrected chi connectivity index (χ3v) is 13.4. The second-order valence-corrected chi connectivity index (χ2v) is 16.8. The third-order valence-electron chi connectivity index (χ3n) is 13.4. The van der Waals surface area contributed by atoms with Gasteiger partial charge in [-0.1, -0.05) is 206 Å². The highest BCUT2D eigenvalue weighted by molar-refractivity contribution is 6.23. The van der Waals surface area contributed by atoms with E-state index in [0.717, 1.165) is 5.69 Å². The summed E-state index contributed by atoms with van der Waals surface area (Å²) in [4.78, 5) is 0. The van der Waals surface area contributed by atoms with E-state index in [4.69, 9.17) is 0 Å². The Morgan fingerprint density at radius 3 is 1.33 bits per heavy atom. The van der Waals surface area contributed by atoms with Crippen LogP contribution in [0.3, 0.4) is 0 Å². The molecular weight excluding hydrogens is 759 g/mol. The zero-order valence-electron chi connectivity index (χ0n) is 34.5. The van der Waals surface area contributed by atoms with E-state index < -0.39 is 0 Å². The lowest BCUT2D eigenvalue weighted by Gasteiger charge is -2.18. The maximum atomic E-state index is 2.47. The number of fused-ring (bicyclic) bond motifs is 9. The summed E-state index contributed by atoms with van der Waals surface area (Å²) in [5, 5.41) is 15.1. The minimum atomic E-state index is 1.15. The SMILES string of the molecule is c1ccc(-n2c3cc(-c4c5ccccc5c(-c5cccc(-c6cccc7ccccc67)c5)c5ccccc45)ccc3c3ccc(-c4cccc5c4ccc4ccccc45)cc32)cc1. The lowest BCUT2D eigenvalue weighted by Crippen LogP contribution is -1.95. The molecule has 0 aliphatic heterocycles. The van der Waals surface area contributed by atoms with Crippen molar-refractivity contribution >= 4 is 75.7 Å². The molecule has 0 spiro atoms. The summed E-state index contributed by atoms with van der Waals surface area (Å²) < 4.78 is 2.47. The number of benzene rings is 12. The van der Waals surface area contributed by atoms with Crippen molar-refractivity contribution in [2.45, 2.75) is 0 Å². The zero-order valence-corrected chi connectivity index (χ0v) is 34.5. The molecule has 63 heavy (non-hydrogen) atoms. The molecule has 0 radical (unpaired) electrons. The normalized spacial score (nSPS) is 11.8. The highest BCUT2D eigenvalue weighted by Gasteiger charge is 2.20. The van der Waals surface area contributed by atoms with Crippen molar-refractivity contribution in [2.75, 3.05) is 0 Å². The Labute approximate surface area is 365 Å². The van der Waals surface area contributed by atoms with Gasteiger partial charge in [-0.15, -0.1) is 0 Å². The first-order chi connectivity index (χ1) is 31.3. The van der Waals surface area contributed by atoms with Crippen LogP contribution in [-0.2, 0) is 0 Å². The van der Waals surface area contributed by atoms with Gasteiger partial charge in [0.1, 0.15) is 0 Å². The van der Waals surface area contributed by atoms with E-state index in [2.05, 4.69) is 241 Å². The van der Waals surface area contributed by atoms with Gasteiger partial charge in [-0.3, -0.25) is 0 Å². The fourth-order valence-electron chi connectivity index (χ4n) is 10.6. The lowest BCUT2D eigenvalue weighted by atomic mass is 9.85. The van der Waals surface area contributed by atoms with Gasteiger partial charge in [-0.25, -0.2) is 0 Å². The van der Waals surface area contributed by atoms with Crippen LogP contribution < -0.4 is 0 Å². The second-order valence-electron chi connectivity index (χ2n) is 16.8. The predicted molar refractivity (Wildman–Crippen MR) is 270 cm³/mol. The van der Waals surface area contributed by atoms with Crippen LogP contribution in [0, 0.1) is 0 Å². The minimum Gasteiger partial charge on any atom is -0.309 e. The second kappa shape index (κ2) is 14.2. The molecular formula is C62H39N. The van der Waals surface area contributed by atoms with Gasteiger partial charge >= 0.3 is 0 Å². The average molecular weight is 798 g/mol. The number of para-hydroxylation sites is 1. The van der Waals surface area contributed by atoms with Gasteiger partial charge in [0.05, 0.1) is 11.0 Å². The standard InChI is InChI=1S/C62H39N/c1-2-20-46(21-3-1)63-59-38-43(50-29-14-30-51-48-23-7-5-16-41(48)31-34-52(50)51)32-35-53(59)54-36-33-45(39-60(54)63)62-57-26-10-8-24-55(57)61(56-25-9-11-27-58(56)62)44-19-12-18-42(37-44)49-28-13-17-40-15-4-6-22-47(40)49/h1-39H. The Hall–Kier alpha value is -8.26. The molecule has 0 atom stereocenters. The van der Waals surface area contributed by atoms with Crippen LogP contribution in [0.2, 0.25) is 0 Å². The first-order valence-corrected chi connectivity index (χ1v) is 21.8. The Balaban J connectivity index is 1.03. The highest BCUT2D eigenvalue weighted by atomic mass is 15.0. The summed E-state index contributed by atoms with van der Waals surface area (Å²) in [5.74, 6) is 0. The first kappa shape index (κ1) is 35.5. The largest absolute Gasteiger partial charge is 0.309 e. The molecule has 1 aromatic heterocycles. The molecule has 0 unspecified atom stereocenters. The summed E-state index contributed by atoms with van der Waals surface area (Å²) >= 11 is 0. The summed E-state index contributed by atoms with van der Waals surface area (Å²) in [6, 6.07) is 87.4. The summed E-state index contributed by atoms with van der Waals surface area (Å²) in [7, 11) is 0. The molecule has 13 rings (SSSR count). The van der Waals surface area contributed by atoms with Gasteiger partial charge in [0.15, 0.2) is 0 Å². The van der Waals surface area contributed by atoms with E-state index in [-0.39, 0.29) is 0 Å². The van der Waals surface area contributed by atoms with Crippen molar-refractivity contribution < 1.29 is 0 Å². The van der Waals surface area contributed by atoms with Gasteiger partial charge in [0.2, 0.25) is 0 Å². The molecule has 0 saturated heterocycles. The van der Waals surface area contributed by atoms with Crippen LogP contribution in [0.25, 0.3) is 126 Å². The zero-order chi connectivity index (χ0) is 41.4. The molecule has 12 aromatic carbocycles. The van der Waals surface area contributed by atoms with Gasteiger partial charge in [-0.05, 0) is 129 Å². The van der Waals surface area contributed by atoms with Crippen molar-refractivity contribution in [1.82, 2.24) is 4.57 Å². The Bertz CT molecular complexity index is 3900. The van der Waals surface area contributed by atoms with E-state index in [1.54, 1.807) is 0 Å². The number of hydrogen-bond donors (Lipinski definition) is 0. The number of rotatable bonds is 5. The molecule has 0 fully saturated rings. The molecule has 1 heteroatoms. The van der Waals surface area contributed by atoms with Gasteiger partial charge in [0.25, 0.3) is 0 Å². The molecule has 1 heterocycles. The molecule has 0 N–H and O–H groups in total. The predicted octanol–water partition coefficient (Wildman–Crippen LogP) is 17.2. The van der Waals surface area contributed by atoms with Crippen LogP contribution >= 0.6 is 0 Å². The summed E-state index contributed by atoms with van der Waals surface area (Å²) in [6.45, 7) is 0. The minimum absolute atomic E-state index is 1.15. The number of hydrogen-bond acceptors (Lipinski definition) is 0. The van der Waals surface area contributed by atoms with Gasteiger partial charge in [0, 0.05) is 16.5 Å². The maximum absolute atomic E-state index is 2.47. The molecule has 0 saturated carbocycles. The number of nitrogens with zero attached hydrogens (tertiary/aromatic N) is 1. The fourth-order valence-corrected chi connectivity index (χ4v) is 10.6. The van der Waals surface area contributed by atoms with Crippen LogP contribution in [0.1, 0.15) is 0 Å². The monoisotopic (exact) mass is 797 g/mol. The Kier molecular flexibility index (Phi) is 7.98. The molecule has 0 bridgehead atoms. The smallest absolute Gasteiger partial charge is 0.0547 e. The van der Waals surface area contributed by atoms with Gasteiger partial charge in [-0.2, -0.15) is 0 Å². The van der Waals surface area contributed by atoms with Crippen LogP contribution in [0.5, 0.6) is 0 Å². The van der Waals surface area contributed by atoms with Crippen molar-refractivity contribution in [3.05, 3.63) is 237 Å². The third kappa shape index (κ3) is 5.57. The van der Waals surface area contributed by atoms with Crippen molar-refractivity contribution in [1.29, 1.82) is 0 Å². The average Bonchev–Trinajstić information content (AvgIpc) is 3.68. The molecule has 1 nitrogen and oxygen atoms in total. The topological polar surface area (TPSA) is 4.93 Å². The molecule has 0 amide bonds. The van der Waals surface area contributed by atoms with Crippen LogP contribution in [0.15, 0.2) is 237 Å². The van der Waals surface area contributed by atoms with E-state index in [1.807, 2.05) is 0 Å². The van der Waals surface area contributed by atoms with E-state index >= 15 is 0 Å². The Morgan fingerprint density at radius 1 is 0.222 bits per heavy atom. The van der Waals surface area contributed by atoms with Crippen LogP contribution in [-0.4, -0.2) is 4.57 Å². The summed E-state index contributed by atoms with van der Waals surface area (Å²) in [5.41, 5.74) is 13.4. The maximum Gasteiger partial charge on any atom is 0.0547 e. The molecule has 292 valence electrons. The van der Waals surface area contributed by atoms with E-state index in [9.17, 15) is 0 Å². The molecule has 13 aromatic rings. The van der Waals surface area contributed by atoms with Crippen LogP contribution in [0.4, 0.5) is 0 Å². The summed E-state index contributed by atoms with van der Waals surface area (Å²) in [6.07, 6.45) is 0. The Morgan fingerprint density at radius 2 is 0.651 bits per heavy atom. The highest BCUT2D eigenvalue weighted by Crippen LogP contribution is 2.46. The lowest BCUT2D eigenvalue weighted by molar-refractivity contribution is 1.18. The number of aromatic nitrogens is 1. The molecule has 0 aliphatic rings. The fraction of sp³-hybridized carbons (Fsp3) is 0.